The Labute approximate surface area is 101 Å². The van der Waals surface area contributed by atoms with E-state index in [0.29, 0.717) is 0 Å². The van der Waals surface area contributed by atoms with Crippen LogP contribution in [-0.4, -0.2) is 25.0 Å². The van der Waals surface area contributed by atoms with Crippen molar-refractivity contribution in [2.75, 3.05) is 7.11 Å². The predicted octanol–water partition coefficient (Wildman–Crippen LogP) is 1.47. The van der Waals surface area contributed by atoms with E-state index in [-0.39, 0.29) is 11.8 Å². The zero-order valence-electron chi connectivity index (χ0n) is 10.3. The van der Waals surface area contributed by atoms with Crippen molar-refractivity contribution >= 4 is 11.9 Å². The molecule has 1 aromatic rings. The molecule has 0 fully saturated rings. The highest BCUT2D eigenvalue weighted by molar-refractivity contribution is 5.88. The van der Waals surface area contributed by atoms with E-state index in [9.17, 15) is 9.59 Å². The van der Waals surface area contributed by atoms with Crippen LogP contribution in [-0.2, 0) is 14.3 Å². The molecule has 1 rings (SSSR count). The van der Waals surface area contributed by atoms with Gasteiger partial charge in [-0.1, -0.05) is 30.3 Å². The highest BCUT2D eigenvalue weighted by Crippen LogP contribution is 2.14. The number of carbonyl (C=O) groups is 2. The summed E-state index contributed by atoms with van der Waals surface area (Å²) in [5.74, 6) is -0.920. The molecule has 0 spiro atoms. The second-order valence-electron chi connectivity index (χ2n) is 3.89. The number of rotatable bonds is 4. The maximum Gasteiger partial charge on any atom is 0.328 e. The van der Waals surface area contributed by atoms with Gasteiger partial charge in [0.15, 0.2) is 0 Å². The lowest BCUT2D eigenvalue weighted by Gasteiger charge is -2.16. The number of nitrogens with one attached hydrogen (secondary N) is 1. The molecule has 0 radical (unpaired) electrons. The van der Waals surface area contributed by atoms with Gasteiger partial charge in [-0.05, 0) is 19.4 Å². The summed E-state index contributed by atoms with van der Waals surface area (Å²) in [6.45, 7) is 3.40. The number of benzene rings is 1. The van der Waals surface area contributed by atoms with Crippen molar-refractivity contribution in [3.8, 4) is 0 Å². The third-order valence-electron chi connectivity index (χ3n) is 2.61. The van der Waals surface area contributed by atoms with E-state index >= 15 is 0 Å². The smallest absolute Gasteiger partial charge is 0.328 e. The van der Waals surface area contributed by atoms with Gasteiger partial charge in [-0.2, -0.15) is 0 Å². The zero-order valence-corrected chi connectivity index (χ0v) is 10.3. The van der Waals surface area contributed by atoms with Crippen molar-refractivity contribution in [2.45, 2.75) is 25.8 Å². The van der Waals surface area contributed by atoms with E-state index in [4.69, 9.17) is 0 Å². The van der Waals surface area contributed by atoms with Gasteiger partial charge in [0.2, 0.25) is 5.91 Å². The lowest BCUT2D eigenvalue weighted by Crippen LogP contribution is -2.41. The second-order valence-corrected chi connectivity index (χ2v) is 3.89. The Balaban J connectivity index is 2.62. The highest BCUT2D eigenvalue weighted by atomic mass is 16.5. The summed E-state index contributed by atoms with van der Waals surface area (Å²) >= 11 is 0. The first-order chi connectivity index (χ1) is 8.06. The number of esters is 1. The maximum atomic E-state index is 11.9. The first-order valence-corrected chi connectivity index (χ1v) is 5.49. The molecular formula is C13H17NO3. The summed E-state index contributed by atoms with van der Waals surface area (Å²) in [4.78, 5) is 23.0. The fourth-order valence-electron chi connectivity index (χ4n) is 1.47. The molecule has 4 nitrogen and oxygen atoms in total. The van der Waals surface area contributed by atoms with Crippen LogP contribution in [0.5, 0.6) is 0 Å². The molecule has 0 aliphatic heterocycles. The minimum Gasteiger partial charge on any atom is -0.467 e. The van der Waals surface area contributed by atoms with E-state index in [1.165, 1.54) is 7.11 Å². The Kier molecular flexibility index (Phi) is 4.69. The van der Waals surface area contributed by atoms with Gasteiger partial charge in [0.25, 0.3) is 0 Å². The molecule has 0 saturated heterocycles. The minimum atomic E-state index is -0.626. The molecule has 1 amide bonds. The SMILES string of the molecule is COC(=O)[C@H](C)NC(=O)[C@H](C)c1ccccc1. The van der Waals surface area contributed by atoms with Gasteiger partial charge in [0.05, 0.1) is 13.0 Å². The third-order valence-corrected chi connectivity index (χ3v) is 2.61. The number of carbonyl (C=O) groups excluding carboxylic acids is 2. The molecule has 0 aliphatic rings. The summed E-state index contributed by atoms with van der Waals surface area (Å²) in [5.41, 5.74) is 0.919. The standard InChI is InChI=1S/C13H17NO3/c1-9(11-7-5-4-6-8-11)12(15)14-10(2)13(16)17-3/h4-10H,1-3H3,(H,14,15)/t9-,10+/m1/s1. The van der Waals surface area contributed by atoms with Crippen LogP contribution in [0.3, 0.4) is 0 Å². The Morgan fingerprint density at radius 1 is 1.18 bits per heavy atom. The van der Waals surface area contributed by atoms with Crippen LogP contribution in [0.4, 0.5) is 0 Å². The van der Waals surface area contributed by atoms with Crippen molar-refractivity contribution in [1.82, 2.24) is 5.32 Å². The van der Waals surface area contributed by atoms with Crippen LogP contribution in [0.25, 0.3) is 0 Å². The average Bonchev–Trinajstić information content (AvgIpc) is 2.37. The fraction of sp³-hybridized carbons (Fsp3) is 0.385. The minimum absolute atomic E-state index is 0.186. The van der Waals surface area contributed by atoms with Gasteiger partial charge in [0, 0.05) is 0 Å². The van der Waals surface area contributed by atoms with E-state index < -0.39 is 12.0 Å². The summed E-state index contributed by atoms with van der Waals surface area (Å²) < 4.78 is 4.54. The Morgan fingerprint density at radius 3 is 2.29 bits per heavy atom. The van der Waals surface area contributed by atoms with E-state index in [1.54, 1.807) is 13.8 Å². The first-order valence-electron chi connectivity index (χ1n) is 5.49. The second kappa shape index (κ2) is 6.03. The molecule has 92 valence electrons. The number of hydrogen-bond acceptors (Lipinski definition) is 3. The number of ether oxygens (including phenoxy) is 1. The quantitative estimate of drug-likeness (QED) is 0.804. The predicted molar refractivity (Wildman–Crippen MR) is 64.5 cm³/mol. The molecule has 0 heterocycles. The lowest BCUT2D eigenvalue weighted by atomic mass is 10.0. The van der Waals surface area contributed by atoms with Crippen LogP contribution >= 0.6 is 0 Å². The van der Waals surface area contributed by atoms with Crippen molar-refractivity contribution in [3.63, 3.8) is 0 Å². The largest absolute Gasteiger partial charge is 0.467 e. The van der Waals surface area contributed by atoms with Crippen LogP contribution in [0, 0.1) is 0 Å². The van der Waals surface area contributed by atoms with Crippen molar-refractivity contribution in [2.24, 2.45) is 0 Å². The van der Waals surface area contributed by atoms with Gasteiger partial charge in [-0.15, -0.1) is 0 Å². The first kappa shape index (κ1) is 13.2. The molecule has 1 N–H and O–H groups in total. The average molecular weight is 235 g/mol. The van der Waals surface area contributed by atoms with Gasteiger partial charge in [-0.25, -0.2) is 4.79 Å². The van der Waals surface area contributed by atoms with E-state index in [0.717, 1.165) is 5.56 Å². The fourth-order valence-corrected chi connectivity index (χ4v) is 1.47. The number of hydrogen-bond donors (Lipinski definition) is 1. The van der Waals surface area contributed by atoms with Crippen LogP contribution < -0.4 is 5.32 Å². The van der Waals surface area contributed by atoms with Crippen LogP contribution in [0.1, 0.15) is 25.3 Å². The third kappa shape index (κ3) is 3.59. The molecule has 0 bridgehead atoms. The van der Waals surface area contributed by atoms with Gasteiger partial charge in [-0.3, -0.25) is 4.79 Å². The monoisotopic (exact) mass is 235 g/mol. The van der Waals surface area contributed by atoms with Gasteiger partial charge in [0.1, 0.15) is 6.04 Å². The normalized spacial score (nSPS) is 13.6. The van der Waals surface area contributed by atoms with Crippen LogP contribution in [0.2, 0.25) is 0 Å². The summed E-state index contributed by atoms with van der Waals surface area (Å²) in [6, 6.07) is 8.79. The highest BCUT2D eigenvalue weighted by Gasteiger charge is 2.20. The van der Waals surface area contributed by atoms with Crippen molar-refractivity contribution in [1.29, 1.82) is 0 Å². The van der Waals surface area contributed by atoms with Gasteiger partial charge >= 0.3 is 5.97 Å². The molecule has 0 aliphatic carbocycles. The molecule has 2 atom stereocenters. The molecule has 0 aromatic heterocycles. The maximum absolute atomic E-state index is 11.9. The molecule has 1 aromatic carbocycles. The summed E-state index contributed by atoms with van der Waals surface area (Å²) in [7, 11) is 1.30. The van der Waals surface area contributed by atoms with Crippen LogP contribution in [0.15, 0.2) is 30.3 Å². The summed E-state index contributed by atoms with van der Waals surface area (Å²) in [5, 5.41) is 2.62. The molecule has 0 saturated carbocycles. The number of methoxy groups -OCH3 is 1. The molecule has 4 heteroatoms. The van der Waals surface area contributed by atoms with E-state index in [1.807, 2.05) is 30.3 Å². The Hall–Kier alpha value is -1.84. The lowest BCUT2D eigenvalue weighted by molar-refractivity contribution is -0.144. The van der Waals surface area contributed by atoms with Gasteiger partial charge < -0.3 is 10.1 Å². The molecule has 0 unspecified atom stereocenters. The van der Waals surface area contributed by atoms with Crippen molar-refractivity contribution in [3.05, 3.63) is 35.9 Å². The summed E-state index contributed by atoms with van der Waals surface area (Å²) in [6.07, 6.45) is 0. The molecular weight excluding hydrogens is 218 g/mol. The molecule has 17 heavy (non-hydrogen) atoms. The van der Waals surface area contributed by atoms with E-state index in [2.05, 4.69) is 10.1 Å². The zero-order chi connectivity index (χ0) is 12.8. The Morgan fingerprint density at radius 2 is 1.76 bits per heavy atom. The van der Waals surface area contributed by atoms with Crippen molar-refractivity contribution < 1.29 is 14.3 Å². The number of amides is 1. The topological polar surface area (TPSA) is 55.4 Å². The Bertz CT molecular complexity index is 389.